The van der Waals surface area contributed by atoms with Crippen molar-refractivity contribution in [1.29, 1.82) is 0 Å². The summed E-state index contributed by atoms with van der Waals surface area (Å²) in [5.41, 5.74) is 3.97. The van der Waals surface area contributed by atoms with Crippen molar-refractivity contribution in [1.82, 2.24) is 18.7 Å². The number of halogens is 1. The Hall–Kier alpha value is -3.70. The lowest BCUT2D eigenvalue weighted by molar-refractivity contribution is 0.0935. The third-order valence-electron chi connectivity index (χ3n) is 5.51. The van der Waals surface area contributed by atoms with Gasteiger partial charge in [0.2, 0.25) is 5.95 Å². The van der Waals surface area contributed by atoms with E-state index in [1.165, 1.54) is 23.2 Å². The number of anilines is 1. The minimum Gasteiger partial charge on any atom is -0.491 e. The fourth-order valence-electron chi connectivity index (χ4n) is 3.59. The summed E-state index contributed by atoms with van der Waals surface area (Å²) in [5.74, 6) is 0.874. The number of aryl methyl sites for hydroxylation is 2. The van der Waals surface area contributed by atoms with Gasteiger partial charge in [-0.25, -0.2) is 10.2 Å². The number of nitrogens with one attached hydrogen (secondary N) is 1. The molecule has 35 heavy (non-hydrogen) atoms. The average Bonchev–Trinajstić information content (AvgIpc) is 3.20. The molecule has 2 N–H and O–H groups in total. The Morgan fingerprint density at radius 2 is 1.86 bits per heavy atom. The van der Waals surface area contributed by atoms with E-state index >= 15 is 0 Å². The Morgan fingerprint density at radius 3 is 2.57 bits per heavy atom. The van der Waals surface area contributed by atoms with Crippen molar-refractivity contribution in [3.05, 3.63) is 85.0 Å². The van der Waals surface area contributed by atoms with Gasteiger partial charge in [-0.3, -0.25) is 13.9 Å². The fraction of sp³-hybridized carbons (Fsp3) is 0.250. The minimum absolute atomic E-state index is 0.00178. The maximum atomic E-state index is 13.0. The van der Waals surface area contributed by atoms with Gasteiger partial charge in [-0.15, -0.1) is 0 Å². The molecule has 0 aliphatic carbocycles. The first-order valence-electron chi connectivity index (χ1n) is 10.8. The molecule has 0 radical (unpaired) electrons. The second-order valence-electron chi connectivity index (χ2n) is 8.08. The van der Waals surface area contributed by atoms with Crippen LogP contribution >= 0.6 is 15.9 Å². The normalized spacial score (nSPS) is 12.4. The lowest BCUT2D eigenvalue weighted by atomic mass is 10.2. The van der Waals surface area contributed by atoms with Crippen LogP contribution in [-0.4, -0.2) is 42.7 Å². The second kappa shape index (κ2) is 10.3. The predicted octanol–water partition coefficient (Wildman–Crippen LogP) is 2.39. The van der Waals surface area contributed by atoms with Gasteiger partial charge in [0.1, 0.15) is 18.5 Å². The zero-order valence-electron chi connectivity index (χ0n) is 19.5. The summed E-state index contributed by atoms with van der Waals surface area (Å²) in [7, 11) is 2.94. The highest BCUT2D eigenvalue weighted by Gasteiger charge is 2.21. The Morgan fingerprint density at radius 1 is 1.14 bits per heavy atom. The molecular formula is C24H25BrN6O4. The summed E-state index contributed by atoms with van der Waals surface area (Å²) < 4.78 is 10.5. The molecule has 0 spiro atoms. The molecule has 0 saturated heterocycles. The molecule has 0 amide bonds. The molecule has 0 saturated carbocycles. The monoisotopic (exact) mass is 540 g/mol. The maximum absolute atomic E-state index is 13.0. The van der Waals surface area contributed by atoms with Crippen molar-refractivity contribution in [2.75, 3.05) is 12.0 Å². The number of para-hydroxylation sites is 1. The van der Waals surface area contributed by atoms with Gasteiger partial charge in [-0.2, -0.15) is 10.1 Å². The summed E-state index contributed by atoms with van der Waals surface area (Å²) in [4.78, 5) is 29.8. The third-order valence-corrected chi connectivity index (χ3v) is 6.04. The number of hydrogen-bond acceptors (Lipinski definition) is 7. The molecule has 2 aromatic carbocycles. The van der Waals surface area contributed by atoms with Crippen molar-refractivity contribution in [2.45, 2.75) is 19.6 Å². The van der Waals surface area contributed by atoms with Crippen LogP contribution in [0, 0.1) is 6.92 Å². The van der Waals surface area contributed by atoms with Crippen molar-refractivity contribution < 1.29 is 9.84 Å². The zero-order valence-corrected chi connectivity index (χ0v) is 21.1. The number of imidazole rings is 1. The molecule has 0 bridgehead atoms. The van der Waals surface area contributed by atoms with E-state index in [-0.39, 0.29) is 30.3 Å². The van der Waals surface area contributed by atoms with E-state index in [9.17, 15) is 14.7 Å². The van der Waals surface area contributed by atoms with E-state index in [1.807, 2.05) is 55.5 Å². The largest absolute Gasteiger partial charge is 0.491 e. The molecule has 10 nitrogen and oxygen atoms in total. The molecule has 0 fully saturated rings. The molecule has 2 aromatic heterocycles. The number of aliphatic hydroxyl groups excluding tert-OH is 1. The van der Waals surface area contributed by atoms with E-state index in [4.69, 9.17) is 4.74 Å². The number of nitrogens with zero attached hydrogens (tertiary/aromatic N) is 5. The average molecular weight is 541 g/mol. The summed E-state index contributed by atoms with van der Waals surface area (Å²) in [6, 6.07) is 15.0. The Labute approximate surface area is 209 Å². The molecular weight excluding hydrogens is 516 g/mol. The van der Waals surface area contributed by atoms with Crippen LogP contribution in [-0.2, 0) is 20.6 Å². The topological polar surface area (TPSA) is 116 Å². The first-order chi connectivity index (χ1) is 16.8. The van der Waals surface area contributed by atoms with Crippen LogP contribution < -0.4 is 21.4 Å². The number of hydrogen-bond donors (Lipinski definition) is 2. The van der Waals surface area contributed by atoms with Crippen LogP contribution in [0.4, 0.5) is 5.95 Å². The SMILES string of the molecule is Cc1ccccc1OCC(O)Cn1c(N/N=C/c2ccc(Br)cc2)nc2c1c(=O)n(C)c(=O)n2C. The van der Waals surface area contributed by atoms with Gasteiger partial charge in [0.15, 0.2) is 11.2 Å². The molecule has 0 aliphatic heterocycles. The van der Waals surface area contributed by atoms with Crippen LogP contribution in [0.3, 0.4) is 0 Å². The lowest BCUT2D eigenvalue weighted by Gasteiger charge is -2.16. The molecule has 4 rings (SSSR count). The number of ether oxygens (including phenoxy) is 1. The van der Waals surface area contributed by atoms with Gasteiger partial charge in [-0.05, 0) is 36.2 Å². The quantitative estimate of drug-likeness (QED) is 0.262. The number of fused-ring (bicyclic) bond motifs is 1. The Balaban J connectivity index is 1.66. The van der Waals surface area contributed by atoms with Gasteiger partial charge in [0.05, 0.1) is 12.8 Å². The van der Waals surface area contributed by atoms with E-state index in [2.05, 4.69) is 31.4 Å². The lowest BCUT2D eigenvalue weighted by Crippen LogP contribution is -2.38. The molecule has 1 unspecified atom stereocenters. The summed E-state index contributed by atoms with van der Waals surface area (Å²) in [6.07, 6.45) is 0.635. The Bertz CT molecular complexity index is 1500. The standard InChI is InChI=1S/C24H25BrN6O4/c1-15-6-4-5-7-19(15)35-14-18(32)13-31-20-21(29(2)24(34)30(3)22(20)33)27-23(31)28-26-12-16-8-10-17(25)11-9-16/h4-12,18,32H,13-14H2,1-3H3,(H,27,28)/b26-12+. The van der Waals surface area contributed by atoms with Crippen LogP contribution in [0.25, 0.3) is 11.2 Å². The molecule has 4 aromatic rings. The first-order valence-corrected chi connectivity index (χ1v) is 11.6. The van der Waals surface area contributed by atoms with Crippen molar-refractivity contribution in [3.8, 4) is 5.75 Å². The number of rotatable bonds is 8. The third kappa shape index (κ3) is 5.20. The zero-order chi connectivity index (χ0) is 25.1. The van der Waals surface area contributed by atoms with Crippen molar-refractivity contribution >= 4 is 39.3 Å². The number of aliphatic hydroxyl groups is 1. The van der Waals surface area contributed by atoms with Gasteiger partial charge < -0.3 is 14.4 Å². The first kappa shape index (κ1) is 24.4. The molecule has 182 valence electrons. The highest BCUT2D eigenvalue weighted by molar-refractivity contribution is 9.10. The molecule has 1 atom stereocenters. The van der Waals surface area contributed by atoms with Gasteiger partial charge in [-0.1, -0.05) is 46.3 Å². The van der Waals surface area contributed by atoms with Gasteiger partial charge >= 0.3 is 5.69 Å². The van der Waals surface area contributed by atoms with E-state index in [0.717, 1.165) is 20.2 Å². The summed E-state index contributed by atoms with van der Waals surface area (Å²) in [5, 5.41) is 15.0. The van der Waals surface area contributed by atoms with Crippen LogP contribution in [0.5, 0.6) is 5.75 Å². The van der Waals surface area contributed by atoms with Crippen molar-refractivity contribution in [3.63, 3.8) is 0 Å². The highest BCUT2D eigenvalue weighted by Crippen LogP contribution is 2.19. The van der Waals surface area contributed by atoms with E-state index in [0.29, 0.717) is 5.75 Å². The maximum Gasteiger partial charge on any atom is 0.332 e. The van der Waals surface area contributed by atoms with Crippen molar-refractivity contribution in [2.24, 2.45) is 19.2 Å². The van der Waals surface area contributed by atoms with Crippen LogP contribution in [0.2, 0.25) is 0 Å². The number of aromatic nitrogens is 4. The molecule has 2 heterocycles. The van der Waals surface area contributed by atoms with Crippen LogP contribution in [0.15, 0.2) is 67.7 Å². The molecule has 0 aliphatic rings. The van der Waals surface area contributed by atoms with E-state index < -0.39 is 17.4 Å². The van der Waals surface area contributed by atoms with Crippen LogP contribution in [0.1, 0.15) is 11.1 Å². The second-order valence-corrected chi connectivity index (χ2v) is 8.99. The predicted molar refractivity (Wildman–Crippen MR) is 138 cm³/mol. The molecule has 11 heteroatoms. The summed E-state index contributed by atoms with van der Waals surface area (Å²) in [6.45, 7) is 1.91. The summed E-state index contributed by atoms with van der Waals surface area (Å²) >= 11 is 3.39. The van der Waals surface area contributed by atoms with Gasteiger partial charge in [0.25, 0.3) is 5.56 Å². The van der Waals surface area contributed by atoms with E-state index in [1.54, 1.807) is 6.21 Å². The number of hydrazone groups is 1. The highest BCUT2D eigenvalue weighted by atomic mass is 79.9. The number of benzene rings is 2. The van der Waals surface area contributed by atoms with Gasteiger partial charge in [0, 0.05) is 18.6 Å². The minimum atomic E-state index is -0.968. The Kier molecular flexibility index (Phi) is 7.17. The smallest absolute Gasteiger partial charge is 0.332 e. The fourth-order valence-corrected chi connectivity index (χ4v) is 3.86.